The number of pyridine rings is 2. The molecule has 0 bridgehead atoms. The Kier molecular flexibility index (Phi) is 11.8. The average molecular weight is 859 g/mol. The molecule has 63 heavy (non-hydrogen) atoms. The van der Waals surface area contributed by atoms with Gasteiger partial charge in [0.1, 0.15) is 11.0 Å². The minimum atomic E-state index is -0.571. The molecule has 0 aliphatic carbocycles. The maximum Gasteiger partial charge on any atom is 0.294 e. The number of anilines is 1. The number of nitrogens with zero attached hydrogens (tertiary/aromatic N) is 12. The van der Waals surface area contributed by atoms with Gasteiger partial charge in [0, 0.05) is 73.3 Å². The van der Waals surface area contributed by atoms with E-state index in [1.54, 1.807) is 79.7 Å². The molecular weight excluding hydrogens is 824 g/mol. The molecule has 0 saturated heterocycles. The maximum absolute atomic E-state index is 12.5. The molecule has 10 aromatic rings. The predicted molar refractivity (Wildman–Crippen MR) is 232 cm³/mol. The van der Waals surface area contributed by atoms with E-state index in [0.717, 1.165) is 27.8 Å². The monoisotopic (exact) mass is 858 g/mol. The van der Waals surface area contributed by atoms with Gasteiger partial charge in [-0.15, -0.1) is 10.2 Å². The summed E-state index contributed by atoms with van der Waals surface area (Å²) in [6, 6.07) is 27.0. The van der Waals surface area contributed by atoms with Crippen molar-refractivity contribution in [2.24, 2.45) is 5.73 Å². The van der Waals surface area contributed by atoms with Gasteiger partial charge < -0.3 is 19.9 Å². The second-order valence-electron chi connectivity index (χ2n) is 13.7. The summed E-state index contributed by atoms with van der Waals surface area (Å²) in [5, 5.41) is 12.1. The van der Waals surface area contributed by atoms with Crippen LogP contribution in [0.15, 0.2) is 131 Å². The van der Waals surface area contributed by atoms with E-state index in [9.17, 15) is 9.59 Å². The van der Waals surface area contributed by atoms with Gasteiger partial charge in [-0.05, 0) is 49.2 Å². The molecule has 2 amide bonds. The molecule has 0 atom stereocenters. The largest absolute Gasteiger partial charge is 0.436 e. The number of primary amides is 1. The summed E-state index contributed by atoms with van der Waals surface area (Å²) in [5.41, 5.74) is 11.6. The Morgan fingerprint density at radius 1 is 0.587 bits per heavy atom. The van der Waals surface area contributed by atoms with Gasteiger partial charge in [0.25, 0.3) is 23.4 Å². The third-order valence-electron chi connectivity index (χ3n) is 9.08. The number of hydrogen-bond acceptors (Lipinski definition) is 14. The fourth-order valence-electron chi connectivity index (χ4n) is 6.22. The number of oxazole rings is 2. The Labute approximate surface area is 363 Å². The van der Waals surface area contributed by atoms with Crippen molar-refractivity contribution >= 4 is 40.8 Å². The summed E-state index contributed by atoms with van der Waals surface area (Å²) in [4.78, 5) is 56.8. The van der Waals surface area contributed by atoms with Crippen LogP contribution in [0.25, 0.3) is 56.6 Å². The predicted octanol–water partition coefficient (Wildman–Crippen LogP) is 7.61. The van der Waals surface area contributed by atoms with Crippen LogP contribution >= 0.6 is 11.6 Å². The summed E-state index contributed by atoms with van der Waals surface area (Å²) in [7, 11) is 0. The molecule has 0 radical (unpaired) electrons. The molecule has 3 N–H and O–H groups in total. The molecule has 0 fully saturated rings. The van der Waals surface area contributed by atoms with Crippen molar-refractivity contribution < 1.29 is 18.4 Å². The number of nitrogens with one attached hydrogen (secondary N) is 1. The Hall–Kier alpha value is -8.51. The molecule has 0 spiro atoms. The van der Waals surface area contributed by atoms with Crippen LogP contribution in [0.3, 0.4) is 0 Å². The summed E-state index contributed by atoms with van der Waals surface area (Å²) in [6.45, 7) is 6.75. The van der Waals surface area contributed by atoms with Crippen LogP contribution in [-0.4, -0.2) is 70.9 Å². The van der Waals surface area contributed by atoms with Crippen LogP contribution in [0.5, 0.6) is 0 Å². The second-order valence-corrected chi connectivity index (χ2v) is 14.1. The lowest BCUT2D eigenvalue weighted by Crippen LogP contribution is -2.13. The van der Waals surface area contributed by atoms with Gasteiger partial charge in [-0.25, -0.2) is 38.9 Å². The fourth-order valence-corrected chi connectivity index (χ4v) is 6.40. The minimum absolute atomic E-state index is 0.150. The lowest BCUT2D eigenvalue weighted by molar-refractivity contribution is 0.0969. The number of carbonyl (C=O) groups is 2. The van der Waals surface area contributed by atoms with Crippen molar-refractivity contribution in [3.63, 3.8) is 0 Å². The minimum Gasteiger partial charge on any atom is -0.436 e. The number of carbonyl (C=O) groups excluding carboxylic acids is 2. The number of fused-ring (bicyclic) bond motifs is 2. The van der Waals surface area contributed by atoms with E-state index in [1.165, 1.54) is 0 Å². The number of nitrogens with two attached hydrogens (primary N) is 1. The van der Waals surface area contributed by atoms with Gasteiger partial charge in [-0.2, -0.15) is 9.97 Å². The molecule has 312 valence electrons. The molecule has 0 aliphatic heterocycles. The van der Waals surface area contributed by atoms with Crippen molar-refractivity contribution in [2.75, 3.05) is 5.32 Å². The topological polar surface area (TPSA) is 236 Å². The van der Waals surface area contributed by atoms with Crippen LogP contribution in [0.4, 0.5) is 5.82 Å². The number of hydrogen-bond donors (Lipinski definition) is 2. The maximum atomic E-state index is 12.5. The number of amides is 2. The second kappa shape index (κ2) is 18.0. The molecule has 0 aliphatic rings. The number of benzene rings is 2. The zero-order valence-corrected chi connectivity index (χ0v) is 34.8. The molecule has 8 heterocycles. The fraction of sp³-hybridized carbons (Fsp3) is 0.0909. The molecule has 10 rings (SSSR count). The SMILES string of the molecule is Cc1nc(C)c(C(=O)Nc2cc(-c3nc4ncc(-c5ccccc5)cn4n3)ccn2)o1.Cc1nc(C)c(C(N)=O)o1.Clc1cc(-c2nc3ncc(-c4ccccc4)cn3n2)ccn1. The van der Waals surface area contributed by atoms with Gasteiger partial charge >= 0.3 is 0 Å². The molecule has 2 aromatic carbocycles. The van der Waals surface area contributed by atoms with Crippen molar-refractivity contribution in [1.29, 1.82) is 0 Å². The van der Waals surface area contributed by atoms with E-state index < -0.39 is 11.8 Å². The Morgan fingerprint density at radius 3 is 1.54 bits per heavy atom. The van der Waals surface area contributed by atoms with Gasteiger partial charge in [-0.3, -0.25) is 9.59 Å². The standard InChI is InChI=1S/C22H17N7O2.C16H10ClN5.C6H8N2O2/c1-13-19(31-14(2)25-13)21(30)26-18-10-16(8-9-23-18)20-27-22-24-11-17(12-29(22)28-20)15-6-4-3-5-7-15;17-14-8-12(6-7-18-14)15-20-16-19-9-13(10-22(16)21-15)11-4-2-1-3-5-11;1-3-5(6(7)9)10-4(2)8-3/h3-12H,1-2H3,(H,23,26,30);1-10H;1-2H3,(H2,7,9). The molecular formula is C44H35ClN14O4. The van der Waals surface area contributed by atoms with Gasteiger partial charge in [0.2, 0.25) is 11.5 Å². The number of rotatable bonds is 7. The Bertz CT molecular complexity index is 3240. The first-order valence-corrected chi connectivity index (χ1v) is 19.5. The highest BCUT2D eigenvalue weighted by Gasteiger charge is 2.18. The summed E-state index contributed by atoms with van der Waals surface area (Å²) < 4.78 is 13.6. The lowest BCUT2D eigenvalue weighted by atomic mass is 10.1. The van der Waals surface area contributed by atoms with E-state index in [2.05, 4.69) is 55.4 Å². The third-order valence-corrected chi connectivity index (χ3v) is 9.29. The van der Waals surface area contributed by atoms with E-state index in [-0.39, 0.29) is 11.5 Å². The Balaban J connectivity index is 0.000000147. The van der Waals surface area contributed by atoms with Crippen molar-refractivity contribution in [1.82, 2.24) is 59.1 Å². The van der Waals surface area contributed by atoms with Crippen LogP contribution < -0.4 is 11.1 Å². The van der Waals surface area contributed by atoms with Crippen LogP contribution in [0, 0.1) is 27.7 Å². The third kappa shape index (κ3) is 9.61. The number of aryl methyl sites for hydroxylation is 4. The smallest absolute Gasteiger partial charge is 0.294 e. The van der Waals surface area contributed by atoms with Gasteiger partial charge in [0.15, 0.2) is 23.4 Å². The lowest BCUT2D eigenvalue weighted by Gasteiger charge is -2.03. The zero-order valence-electron chi connectivity index (χ0n) is 34.0. The van der Waals surface area contributed by atoms with Crippen LogP contribution in [0.1, 0.15) is 44.3 Å². The van der Waals surface area contributed by atoms with Gasteiger partial charge in [0.05, 0.1) is 11.4 Å². The van der Waals surface area contributed by atoms with Crippen molar-refractivity contribution in [3.8, 4) is 45.0 Å². The van der Waals surface area contributed by atoms with Crippen molar-refractivity contribution in [3.05, 3.63) is 162 Å². The van der Waals surface area contributed by atoms with Crippen LogP contribution in [-0.2, 0) is 0 Å². The number of halogens is 1. The zero-order chi connectivity index (χ0) is 44.0. The summed E-state index contributed by atoms with van der Waals surface area (Å²) in [6.07, 6.45) is 10.6. The van der Waals surface area contributed by atoms with E-state index in [4.69, 9.17) is 26.2 Å². The quantitative estimate of drug-likeness (QED) is 0.147. The average Bonchev–Trinajstić information content (AvgIpc) is 4.08. The van der Waals surface area contributed by atoms with E-state index in [0.29, 0.717) is 62.9 Å². The molecule has 0 saturated carbocycles. The molecule has 19 heteroatoms. The highest BCUT2D eigenvalue weighted by Crippen LogP contribution is 2.23. The first kappa shape index (κ1) is 41.2. The first-order chi connectivity index (χ1) is 30.5. The highest BCUT2D eigenvalue weighted by molar-refractivity contribution is 6.29. The molecule has 18 nitrogen and oxygen atoms in total. The van der Waals surface area contributed by atoms with E-state index in [1.807, 2.05) is 79.1 Å². The summed E-state index contributed by atoms with van der Waals surface area (Å²) in [5.74, 6) is 2.64. The summed E-state index contributed by atoms with van der Waals surface area (Å²) >= 11 is 5.91. The molecule has 0 unspecified atom stereocenters. The van der Waals surface area contributed by atoms with Gasteiger partial charge in [-0.1, -0.05) is 72.3 Å². The molecule has 8 aromatic heterocycles. The van der Waals surface area contributed by atoms with Crippen molar-refractivity contribution in [2.45, 2.75) is 27.7 Å². The number of aromatic nitrogens is 12. The Morgan fingerprint density at radius 2 is 1.08 bits per heavy atom. The van der Waals surface area contributed by atoms with E-state index >= 15 is 0 Å². The first-order valence-electron chi connectivity index (χ1n) is 19.1. The highest BCUT2D eigenvalue weighted by atomic mass is 35.5. The van der Waals surface area contributed by atoms with Crippen LogP contribution in [0.2, 0.25) is 5.15 Å². The normalized spacial score (nSPS) is 10.8.